The molecule has 0 spiro atoms. The Kier molecular flexibility index (Phi) is 3.63. The van der Waals surface area contributed by atoms with Crippen molar-refractivity contribution in [3.63, 3.8) is 0 Å². The summed E-state index contributed by atoms with van der Waals surface area (Å²) in [6, 6.07) is 0. The van der Waals surface area contributed by atoms with Gasteiger partial charge in [0, 0.05) is 18.2 Å². The molecule has 0 aromatic rings. The summed E-state index contributed by atoms with van der Waals surface area (Å²) < 4.78 is 17.7. The van der Waals surface area contributed by atoms with Gasteiger partial charge in [0.25, 0.3) is 0 Å². The first-order chi connectivity index (χ1) is 5.33. The molecule has 0 radical (unpaired) electrons. The SMILES string of the molecule is FC1=CC=C(OCCBr)CC1. The second kappa shape index (κ2) is 4.54. The van der Waals surface area contributed by atoms with Crippen LogP contribution in [0, 0.1) is 0 Å². The van der Waals surface area contributed by atoms with Gasteiger partial charge in [-0.3, -0.25) is 0 Å². The number of hydrogen-bond acceptors (Lipinski definition) is 1. The largest absolute Gasteiger partial charge is 0.497 e. The molecule has 3 heteroatoms. The smallest absolute Gasteiger partial charge is 0.100 e. The Morgan fingerprint density at radius 2 is 2.27 bits per heavy atom. The monoisotopic (exact) mass is 220 g/mol. The van der Waals surface area contributed by atoms with E-state index in [1.165, 1.54) is 6.08 Å². The normalized spacial score (nSPS) is 17.3. The molecule has 0 fully saturated rings. The zero-order chi connectivity index (χ0) is 8.10. The van der Waals surface area contributed by atoms with Gasteiger partial charge in [-0.1, -0.05) is 15.9 Å². The molecule has 0 aromatic carbocycles. The number of alkyl halides is 1. The summed E-state index contributed by atoms with van der Waals surface area (Å²) in [5.41, 5.74) is 0. The van der Waals surface area contributed by atoms with E-state index in [1.54, 1.807) is 6.08 Å². The van der Waals surface area contributed by atoms with Gasteiger partial charge in [-0.05, 0) is 12.2 Å². The van der Waals surface area contributed by atoms with E-state index in [0.717, 1.165) is 11.1 Å². The van der Waals surface area contributed by atoms with Gasteiger partial charge in [0.15, 0.2) is 0 Å². The average Bonchev–Trinajstić information content (AvgIpc) is 2.04. The van der Waals surface area contributed by atoms with Crippen molar-refractivity contribution in [2.45, 2.75) is 12.8 Å². The number of rotatable bonds is 3. The van der Waals surface area contributed by atoms with Crippen LogP contribution >= 0.6 is 15.9 Å². The lowest BCUT2D eigenvalue weighted by Gasteiger charge is -2.10. The molecule has 1 aliphatic carbocycles. The molecule has 0 unspecified atom stereocenters. The standard InChI is InChI=1S/C8H10BrFO/c9-5-6-11-8-3-1-7(10)2-4-8/h1,3H,2,4-6H2. The van der Waals surface area contributed by atoms with Crippen molar-refractivity contribution in [3.05, 3.63) is 23.7 Å². The van der Waals surface area contributed by atoms with E-state index in [0.29, 0.717) is 19.4 Å². The Bertz CT molecular complexity index is 187. The molecule has 62 valence electrons. The molecular formula is C8H10BrFO. The molecule has 0 heterocycles. The zero-order valence-corrected chi connectivity index (χ0v) is 7.73. The van der Waals surface area contributed by atoms with Gasteiger partial charge >= 0.3 is 0 Å². The van der Waals surface area contributed by atoms with Crippen molar-refractivity contribution in [1.29, 1.82) is 0 Å². The van der Waals surface area contributed by atoms with E-state index < -0.39 is 0 Å². The van der Waals surface area contributed by atoms with Crippen LogP contribution in [-0.2, 0) is 4.74 Å². The van der Waals surface area contributed by atoms with Crippen LogP contribution in [0.25, 0.3) is 0 Å². The van der Waals surface area contributed by atoms with E-state index in [-0.39, 0.29) is 5.83 Å². The summed E-state index contributed by atoms with van der Waals surface area (Å²) in [6.07, 6.45) is 4.33. The summed E-state index contributed by atoms with van der Waals surface area (Å²) in [5, 5.41) is 0.816. The van der Waals surface area contributed by atoms with Crippen molar-refractivity contribution in [3.8, 4) is 0 Å². The third kappa shape index (κ3) is 3.06. The maximum Gasteiger partial charge on any atom is 0.100 e. The average molecular weight is 221 g/mol. The van der Waals surface area contributed by atoms with E-state index in [9.17, 15) is 4.39 Å². The zero-order valence-electron chi connectivity index (χ0n) is 6.15. The van der Waals surface area contributed by atoms with E-state index >= 15 is 0 Å². The molecule has 0 bridgehead atoms. The van der Waals surface area contributed by atoms with Crippen LogP contribution in [0.15, 0.2) is 23.7 Å². The first-order valence-electron chi connectivity index (χ1n) is 3.57. The molecule has 0 saturated carbocycles. The van der Waals surface area contributed by atoms with Crippen molar-refractivity contribution < 1.29 is 9.13 Å². The highest BCUT2D eigenvalue weighted by Crippen LogP contribution is 2.19. The Morgan fingerprint density at radius 3 is 2.82 bits per heavy atom. The van der Waals surface area contributed by atoms with Crippen LogP contribution in [-0.4, -0.2) is 11.9 Å². The maximum atomic E-state index is 12.4. The lowest BCUT2D eigenvalue weighted by atomic mass is 10.1. The van der Waals surface area contributed by atoms with Crippen molar-refractivity contribution in [2.24, 2.45) is 0 Å². The number of hydrogen-bond donors (Lipinski definition) is 0. The van der Waals surface area contributed by atoms with Crippen LogP contribution in [0.1, 0.15) is 12.8 Å². The molecule has 0 N–H and O–H groups in total. The minimum Gasteiger partial charge on any atom is -0.497 e. The molecule has 11 heavy (non-hydrogen) atoms. The van der Waals surface area contributed by atoms with Crippen molar-refractivity contribution in [2.75, 3.05) is 11.9 Å². The predicted octanol–water partition coefficient (Wildman–Crippen LogP) is 2.93. The fourth-order valence-corrected chi connectivity index (χ4v) is 1.04. The van der Waals surface area contributed by atoms with Gasteiger partial charge in [-0.25, -0.2) is 4.39 Å². The topological polar surface area (TPSA) is 9.23 Å². The highest BCUT2D eigenvalue weighted by molar-refractivity contribution is 9.09. The van der Waals surface area contributed by atoms with Crippen LogP contribution < -0.4 is 0 Å². The minimum atomic E-state index is -0.0591. The molecular weight excluding hydrogens is 211 g/mol. The lowest BCUT2D eigenvalue weighted by Crippen LogP contribution is -1.98. The fourth-order valence-electron chi connectivity index (χ4n) is 0.883. The van der Waals surface area contributed by atoms with Crippen LogP contribution in [0.5, 0.6) is 0 Å². The summed E-state index contributed by atoms with van der Waals surface area (Å²) >= 11 is 3.25. The highest BCUT2D eigenvalue weighted by Gasteiger charge is 2.05. The van der Waals surface area contributed by atoms with Gasteiger partial charge in [-0.15, -0.1) is 0 Å². The number of halogens is 2. The number of ether oxygens (including phenoxy) is 1. The van der Waals surface area contributed by atoms with E-state index in [4.69, 9.17) is 4.74 Å². The fraction of sp³-hybridized carbons (Fsp3) is 0.500. The van der Waals surface area contributed by atoms with E-state index in [2.05, 4.69) is 15.9 Å². The summed E-state index contributed by atoms with van der Waals surface area (Å²) in [4.78, 5) is 0. The van der Waals surface area contributed by atoms with Gasteiger partial charge in [0.2, 0.25) is 0 Å². The molecule has 0 saturated heterocycles. The quantitative estimate of drug-likeness (QED) is 0.665. The summed E-state index contributed by atoms with van der Waals surface area (Å²) in [5.74, 6) is 0.821. The molecule has 1 nitrogen and oxygen atoms in total. The Balaban J connectivity index is 2.35. The molecule has 0 atom stereocenters. The van der Waals surface area contributed by atoms with Gasteiger partial charge < -0.3 is 4.74 Å². The summed E-state index contributed by atoms with van der Waals surface area (Å²) in [6.45, 7) is 0.654. The Morgan fingerprint density at radius 1 is 1.45 bits per heavy atom. The minimum absolute atomic E-state index is 0.0591. The molecule has 0 aromatic heterocycles. The second-order valence-corrected chi connectivity index (χ2v) is 3.08. The number of allylic oxidation sites excluding steroid dienone is 4. The predicted molar refractivity (Wildman–Crippen MR) is 46.3 cm³/mol. The highest BCUT2D eigenvalue weighted by atomic mass is 79.9. The maximum absolute atomic E-state index is 12.4. The Hall–Kier alpha value is -0.310. The van der Waals surface area contributed by atoms with Crippen LogP contribution in [0.2, 0.25) is 0 Å². The Labute approximate surface area is 74.1 Å². The molecule has 1 aliphatic rings. The van der Waals surface area contributed by atoms with Gasteiger partial charge in [0.05, 0.1) is 12.4 Å². The lowest BCUT2D eigenvalue weighted by molar-refractivity contribution is 0.219. The summed E-state index contributed by atoms with van der Waals surface area (Å²) in [7, 11) is 0. The van der Waals surface area contributed by atoms with Crippen molar-refractivity contribution in [1.82, 2.24) is 0 Å². The van der Waals surface area contributed by atoms with Gasteiger partial charge in [0.1, 0.15) is 5.83 Å². The first-order valence-corrected chi connectivity index (χ1v) is 4.69. The molecule has 1 rings (SSSR count). The molecule has 0 amide bonds. The van der Waals surface area contributed by atoms with Crippen LogP contribution in [0.4, 0.5) is 4.39 Å². The third-order valence-electron chi connectivity index (χ3n) is 1.42. The molecule has 0 aliphatic heterocycles. The second-order valence-electron chi connectivity index (χ2n) is 2.28. The first kappa shape index (κ1) is 8.78. The van der Waals surface area contributed by atoms with Gasteiger partial charge in [-0.2, -0.15) is 0 Å². The third-order valence-corrected chi connectivity index (χ3v) is 1.75. The van der Waals surface area contributed by atoms with Crippen LogP contribution in [0.3, 0.4) is 0 Å². The van der Waals surface area contributed by atoms with E-state index in [1.807, 2.05) is 0 Å². The van der Waals surface area contributed by atoms with Crippen molar-refractivity contribution >= 4 is 15.9 Å².